The lowest BCUT2D eigenvalue weighted by atomic mass is 9.64. The van der Waals surface area contributed by atoms with Crippen LogP contribution < -0.4 is 5.32 Å². The van der Waals surface area contributed by atoms with Crippen LogP contribution in [0.3, 0.4) is 0 Å². The Morgan fingerprint density at radius 1 is 0.451 bits per heavy atom. The summed E-state index contributed by atoms with van der Waals surface area (Å²) in [6.07, 6.45) is 4.68. The van der Waals surface area contributed by atoms with Gasteiger partial charge in [-0.15, -0.1) is 0 Å². The number of hydrogen-bond donors (Lipinski definition) is 1. The van der Waals surface area contributed by atoms with Crippen LogP contribution in [0.15, 0.2) is 194 Å². The molecule has 1 N–H and O–H groups in total. The Bertz CT molecular complexity index is 2800. The van der Waals surface area contributed by atoms with Gasteiger partial charge >= 0.3 is 0 Å². The van der Waals surface area contributed by atoms with Gasteiger partial charge in [0.05, 0.1) is 22.1 Å². The van der Waals surface area contributed by atoms with Crippen LogP contribution in [-0.2, 0) is 5.41 Å². The second-order valence-corrected chi connectivity index (χ2v) is 13.7. The molecule has 1 unspecified atom stereocenters. The van der Waals surface area contributed by atoms with Gasteiger partial charge < -0.3 is 9.88 Å². The number of rotatable bonds is 3. The minimum Gasteiger partial charge on any atom is -0.361 e. The molecule has 0 fully saturated rings. The first kappa shape index (κ1) is 28.2. The lowest BCUT2D eigenvalue weighted by Crippen LogP contribution is -2.34. The third-order valence-corrected chi connectivity index (χ3v) is 11.2. The highest BCUT2D eigenvalue weighted by atomic mass is 15.0. The number of para-hydroxylation sites is 3. The van der Waals surface area contributed by atoms with E-state index in [0.717, 1.165) is 11.3 Å². The van der Waals surface area contributed by atoms with Gasteiger partial charge in [-0.3, -0.25) is 0 Å². The predicted octanol–water partition coefficient (Wildman–Crippen LogP) is 11.6. The molecule has 8 aromatic rings. The summed E-state index contributed by atoms with van der Waals surface area (Å²) in [5, 5.41) is 6.40. The minimum absolute atomic E-state index is 0.554. The average Bonchev–Trinajstić information content (AvgIpc) is 3.59. The topological polar surface area (TPSA) is 17.0 Å². The summed E-state index contributed by atoms with van der Waals surface area (Å²) in [7, 11) is 0. The highest BCUT2D eigenvalue weighted by Gasteiger charge is 2.52. The molecule has 0 bridgehead atoms. The summed E-state index contributed by atoms with van der Waals surface area (Å²) >= 11 is 0. The number of hydrogen-bond acceptors (Lipinski definition) is 1. The first-order valence-electron chi connectivity index (χ1n) is 17.7. The van der Waals surface area contributed by atoms with Crippen molar-refractivity contribution in [2.24, 2.45) is 0 Å². The van der Waals surface area contributed by atoms with Crippen molar-refractivity contribution in [2.45, 2.75) is 5.41 Å². The summed E-state index contributed by atoms with van der Waals surface area (Å²) < 4.78 is 2.51. The zero-order valence-corrected chi connectivity index (χ0v) is 27.8. The second kappa shape index (κ2) is 10.7. The molecule has 0 saturated carbocycles. The minimum atomic E-state index is -0.554. The number of aromatic nitrogens is 1. The fourth-order valence-corrected chi connectivity index (χ4v) is 9.15. The highest BCUT2D eigenvalue weighted by molar-refractivity contribution is 6.16. The molecular formula is C49H32N2. The maximum Gasteiger partial charge on any atom is 0.0755 e. The van der Waals surface area contributed by atoms with Gasteiger partial charge in [0.25, 0.3) is 0 Å². The van der Waals surface area contributed by atoms with Crippen molar-refractivity contribution in [2.75, 3.05) is 0 Å². The number of benzene rings is 7. The van der Waals surface area contributed by atoms with Gasteiger partial charge in [0.15, 0.2) is 0 Å². The quantitative estimate of drug-likeness (QED) is 0.202. The number of nitrogens with zero attached hydrogens (tertiary/aromatic N) is 1. The van der Waals surface area contributed by atoms with E-state index in [1.807, 2.05) is 0 Å². The van der Waals surface area contributed by atoms with Gasteiger partial charge in [-0.2, -0.15) is 0 Å². The molecule has 238 valence electrons. The molecule has 1 atom stereocenters. The van der Waals surface area contributed by atoms with Gasteiger partial charge in [-0.25, -0.2) is 0 Å². The molecule has 0 radical (unpaired) electrons. The Hall–Kier alpha value is -6.64. The van der Waals surface area contributed by atoms with Crippen molar-refractivity contribution in [3.8, 4) is 16.8 Å². The molecular weight excluding hydrogens is 617 g/mol. The third-order valence-electron chi connectivity index (χ3n) is 11.2. The Labute approximate surface area is 297 Å². The first-order valence-corrected chi connectivity index (χ1v) is 17.7. The van der Waals surface area contributed by atoms with Gasteiger partial charge in [0, 0.05) is 28.2 Å². The molecule has 3 aliphatic rings. The largest absolute Gasteiger partial charge is 0.361 e. The van der Waals surface area contributed by atoms with Crippen molar-refractivity contribution in [1.29, 1.82) is 0 Å². The zero-order chi connectivity index (χ0) is 33.5. The van der Waals surface area contributed by atoms with E-state index in [1.165, 1.54) is 83.2 Å². The number of nitrogens with one attached hydrogen (secondary N) is 1. The van der Waals surface area contributed by atoms with Gasteiger partial charge in [-0.05, 0) is 73.9 Å². The second-order valence-electron chi connectivity index (χ2n) is 13.7. The van der Waals surface area contributed by atoms with Crippen LogP contribution >= 0.6 is 0 Å². The van der Waals surface area contributed by atoms with Gasteiger partial charge in [0.2, 0.25) is 0 Å². The predicted molar refractivity (Wildman–Crippen MR) is 211 cm³/mol. The van der Waals surface area contributed by atoms with E-state index in [0.29, 0.717) is 0 Å². The monoisotopic (exact) mass is 648 g/mol. The van der Waals surface area contributed by atoms with Crippen LogP contribution in [-0.4, -0.2) is 4.57 Å². The van der Waals surface area contributed by atoms with Crippen molar-refractivity contribution in [3.05, 3.63) is 227 Å². The summed E-state index contributed by atoms with van der Waals surface area (Å²) in [5.74, 6) is 0. The Kier molecular flexibility index (Phi) is 5.91. The molecule has 2 aliphatic heterocycles. The molecule has 11 rings (SSSR count). The number of allylic oxidation sites excluding steroid dienone is 4. The van der Waals surface area contributed by atoms with Crippen molar-refractivity contribution in [3.63, 3.8) is 0 Å². The summed E-state index contributed by atoms with van der Waals surface area (Å²) in [6.45, 7) is 0. The van der Waals surface area contributed by atoms with E-state index in [1.54, 1.807) is 0 Å². The van der Waals surface area contributed by atoms with Crippen molar-refractivity contribution in [1.82, 2.24) is 9.88 Å². The maximum atomic E-state index is 3.83. The molecule has 3 heterocycles. The SMILES string of the molecule is C1=C(c2ccc(-c3ccccc3)cc2)NC=C(c2ccccc2)C2=C1C1(c3ccccc32)c2ccccc2-n2c3ccccc3c3cccc1c32. The molecule has 51 heavy (non-hydrogen) atoms. The van der Waals surface area contributed by atoms with Crippen LogP contribution in [0.5, 0.6) is 0 Å². The van der Waals surface area contributed by atoms with Crippen LogP contribution in [0.1, 0.15) is 33.4 Å². The lowest BCUT2D eigenvalue weighted by Gasteiger charge is -2.40. The molecule has 7 aromatic carbocycles. The van der Waals surface area contributed by atoms with Crippen LogP contribution in [0, 0.1) is 0 Å². The van der Waals surface area contributed by atoms with Crippen LogP contribution in [0.2, 0.25) is 0 Å². The maximum absolute atomic E-state index is 3.83. The molecule has 1 aromatic heterocycles. The van der Waals surface area contributed by atoms with Crippen LogP contribution in [0.25, 0.3) is 55.5 Å². The van der Waals surface area contributed by atoms with Crippen molar-refractivity contribution >= 4 is 38.6 Å². The molecule has 0 amide bonds. The Morgan fingerprint density at radius 3 is 1.88 bits per heavy atom. The molecule has 0 saturated heterocycles. The average molecular weight is 649 g/mol. The molecule has 1 aliphatic carbocycles. The zero-order valence-electron chi connectivity index (χ0n) is 27.8. The molecule has 1 spiro atoms. The fourth-order valence-electron chi connectivity index (χ4n) is 9.15. The molecule has 2 nitrogen and oxygen atoms in total. The third kappa shape index (κ3) is 3.82. The van der Waals surface area contributed by atoms with Crippen LogP contribution in [0.4, 0.5) is 0 Å². The number of fused-ring (bicyclic) bond motifs is 11. The van der Waals surface area contributed by atoms with E-state index in [4.69, 9.17) is 0 Å². The summed E-state index contributed by atoms with van der Waals surface area (Å²) in [5.41, 5.74) is 18.0. The smallest absolute Gasteiger partial charge is 0.0755 e. The Balaban J connectivity index is 1.26. The summed E-state index contributed by atoms with van der Waals surface area (Å²) in [4.78, 5) is 0. The highest BCUT2D eigenvalue weighted by Crippen LogP contribution is 2.62. The van der Waals surface area contributed by atoms with E-state index in [9.17, 15) is 0 Å². The first-order chi connectivity index (χ1) is 25.3. The van der Waals surface area contributed by atoms with Gasteiger partial charge in [0.1, 0.15) is 0 Å². The van der Waals surface area contributed by atoms with E-state index >= 15 is 0 Å². The normalized spacial score (nSPS) is 17.0. The standard InChI is InChI=1S/C49H32N2/c1-3-14-32(15-4-1)33-26-28-35(29-27-33)44-30-43-47(39(31-50-44)34-16-5-2-6-17-34)38-19-7-9-21-40(38)49(43)41-22-10-12-25-46(41)51-45-24-11-8-18-36(45)37-20-13-23-42(49)48(37)51/h1-31,50H. The Morgan fingerprint density at radius 2 is 1.06 bits per heavy atom. The fraction of sp³-hybridized carbons (Fsp3) is 0.0204. The lowest BCUT2D eigenvalue weighted by molar-refractivity contribution is 0.742. The van der Waals surface area contributed by atoms with E-state index < -0.39 is 5.41 Å². The van der Waals surface area contributed by atoms with Crippen molar-refractivity contribution < 1.29 is 0 Å². The summed E-state index contributed by atoms with van der Waals surface area (Å²) in [6, 6.07) is 64.5. The van der Waals surface area contributed by atoms with Gasteiger partial charge in [-0.1, -0.05) is 164 Å². The van der Waals surface area contributed by atoms with E-state index in [2.05, 4.69) is 198 Å². The molecule has 2 heteroatoms. The van der Waals surface area contributed by atoms with E-state index in [-0.39, 0.29) is 0 Å².